The largest absolute Gasteiger partial charge is 0.457 e. The second-order valence-corrected chi connectivity index (χ2v) is 25.8. The molecule has 0 N–H and O–H groups in total. The summed E-state index contributed by atoms with van der Waals surface area (Å²) in [6.07, 6.45) is 0. The van der Waals surface area contributed by atoms with Crippen LogP contribution in [0, 0.1) is 69.2 Å². The quantitative estimate of drug-likeness (QED) is 0.118. The van der Waals surface area contributed by atoms with Gasteiger partial charge in [-0.15, -0.1) is 0 Å². The Labute approximate surface area is 546 Å². The zero-order valence-electron chi connectivity index (χ0n) is 57.4. The molecule has 0 bridgehead atoms. The highest BCUT2D eigenvalue weighted by molar-refractivity contribution is 5.92. The summed E-state index contributed by atoms with van der Waals surface area (Å²) in [6.45, 7) is 21.3. The normalized spacial score (nSPS) is 14.6. The lowest BCUT2D eigenvalue weighted by molar-refractivity contribution is 0.482. The molecule has 4 heterocycles. The van der Waals surface area contributed by atoms with Crippen molar-refractivity contribution in [3.8, 4) is 45.3 Å². The minimum atomic E-state index is -2.33. The van der Waals surface area contributed by atoms with Crippen molar-refractivity contribution in [3.63, 3.8) is 0 Å². The fourth-order valence-corrected chi connectivity index (χ4v) is 14.6. The minimum Gasteiger partial charge on any atom is -0.457 e. The molecular formula is C82H78N8O2. The molecule has 10 heteroatoms. The van der Waals surface area contributed by atoms with Gasteiger partial charge in [-0.2, -0.15) is 0 Å². The standard InChI is InChI=1S/C82H78N8O2/c1-51-31-57(7)81(58(8)32-51)61-39-67(85-47-83(11)77-35-53(3)55(5)37-79(77)85)45-71(41-61)91-69-21-17-19-65(43-69)89-49-87(73-23-13-15-25-75(73)89)63-27-29-64(30-28-63)88-50-90(76-26-16-14-24-74(76)88)66-20-18-22-70(44-66)92-72-42-62(82-59(9)33-52(2)34-60(82)10)40-68(46-72)86-48-84(12)78-36-54(4)56(6)38-80(78)86/h13-46H,47-50H2,1-12H3/i11D3. The predicted octanol–water partition coefficient (Wildman–Crippen LogP) is 21.3. The Morgan fingerprint density at radius 2 is 0.609 bits per heavy atom. The molecule has 0 unspecified atom stereocenters. The zero-order valence-corrected chi connectivity index (χ0v) is 54.4. The van der Waals surface area contributed by atoms with Crippen LogP contribution in [0.5, 0.6) is 23.0 Å². The Balaban J connectivity index is 0.693. The SMILES string of the molecule is [2H]C([2H])([2H])N1CN(c2cc(Oc3cccc(N4CN(c5ccc(N6CN(c7cccc(Oc8cc(-c9c(C)cc(C)cc9C)cc(N9CN(C)c%10cc(C)c(C)cc%109)c8)c7)c7ccccc76)cc5)c5ccccc54)c3)cc(-c3c(C)cc(C)cc3C)c2)c2cc(C)c(C)cc21. The van der Waals surface area contributed by atoms with Crippen LogP contribution in [0.3, 0.4) is 0 Å². The van der Waals surface area contributed by atoms with Crippen LogP contribution >= 0.6 is 0 Å². The van der Waals surface area contributed by atoms with Crippen molar-refractivity contribution in [2.45, 2.75) is 69.2 Å². The molecule has 0 radical (unpaired) electrons. The van der Waals surface area contributed by atoms with Crippen LogP contribution < -0.4 is 48.7 Å². The third kappa shape index (κ3) is 10.3. The molecule has 458 valence electrons. The summed E-state index contributed by atoms with van der Waals surface area (Å²) in [4.78, 5) is 17.8. The molecule has 11 aromatic carbocycles. The van der Waals surface area contributed by atoms with Crippen molar-refractivity contribution >= 4 is 79.6 Å². The molecule has 0 saturated heterocycles. The van der Waals surface area contributed by atoms with Crippen molar-refractivity contribution in [2.24, 2.45) is 0 Å². The van der Waals surface area contributed by atoms with Crippen LogP contribution in [0.25, 0.3) is 22.3 Å². The molecule has 92 heavy (non-hydrogen) atoms. The summed E-state index contributed by atoms with van der Waals surface area (Å²) in [5.74, 6) is 2.88. The molecular weight excluding hydrogens is 1130 g/mol. The van der Waals surface area contributed by atoms with Gasteiger partial charge in [-0.3, -0.25) is 0 Å². The summed E-state index contributed by atoms with van der Waals surface area (Å²) in [5.41, 5.74) is 31.0. The van der Waals surface area contributed by atoms with Crippen molar-refractivity contribution in [2.75, 3.05) is 79.9 Å². The molecule has 15 rings (SSSR count). The van der Waals surface area contributed by atoms with E-state index in [1.807, 2.05) is 25.1 Å². The van der Waals surface area contributed by atoms with Gasteiger partial charge in [0.05, 0.1) is 58.8 Å². The van der Waals surface area contributed by atoms with Crippen molar-refractivity contribution in [1.29, 1.82) is 0 Å². The van der Waals surface area contributed by atoms with Gasteiger partial charge in [-0.25, -0.2) is 0 Å². The summed E-state index contributed by atoms with van der Waals surface area (Å²) >= 11 is 0. The van der Waals surface area contributed by atoms with Gasteiger partial charge in [0.1, 0.15) is 36.3 Å². The van der Waals surface area contributed by atoms with Crippen LogP contribution in [0.2, 0.25) is 0 Å². The van der Waals surface area contributed by atoms with E-state index in [1.54, 1.807) is 0 Å². The number of ether oxygens (including phenoxy) is 2. The fraction of sp³-hybridized carbons (Fsp3) is 0.195. The van der Waals surface area contributed by atoms with Crippen LogP contribution in [-0.2, 0) is 0 Å². The van der Waals surface area contributed by atoms with Crippen LogP contribution in [0.4, 0.5) is 79.6 Å². The highest BCUT2D eigenvalue weighted by Gasteiger charge is 2.33. The number of benzene rings is 11. The minimum absolute atomic E-state index is 0.171. The van der Waals surface area contributed by atoms with E-state index in [0.29, 0.717) is 30.5 Å². The van der Waals surface area contributed by atoms with E-state index in [4.69, 9.17) is 13.6 Å². The first-order valence-electron chi connectivity index (χ1n) is 33.3. The Morgan fingerprint density at radius 3 is 1.00 bits per heavy atom. The average Bonchev–Trinajstić information content (AvgIpc) is 1.61. The molecule has 0 amide bonds. The number of para-hydroxylation sites is 4. The second kappa shape index (κ2) is 22.7. The van der Waals surface area contributed by atoms with Crippen LogP contribution in [0.1, 0.15) is 59.7 Å². The Morgan fingerprint density at radius 1 is 0.272 bits per heavy atom. The van der Waals surface area contributed by atoms with Gasteiger partial charge in [-0.1, -0.05) is 71.8 Å². The van der Waals surface area contributed by atoms with Gasteiger partial charge in [0.15, 0.2) is 0 Å². The van der Waals surface area contributed by atoms with Crippen molar-refractivity contribution < 1.29 is 13.6 Å². The number of anilines is 14. The number of hydrogen-bond donors (Lipinski definition) is 0. The first-order chi connectivity index (χ1) is 45.7. The highest BCUT2D eigenvalue weighted by Crippen LogP contribution is 2.51. The molecule has 4 aliphatic heterocycles. The second-order valence-electron chi connectivity index (χ2n) is 25.8. The molecule has 0 aliphatic carbocycles. The molecule has 11 aromatic rings. The first-order valence-corrected chi connectivity index (χ1v) is 31.8. The smallest absolute Gasteiger partial charge is 0.130 e. The monoisotopic (exact) mass is 1210 g/mol. The predicted molar refractivity (Wildman–Crippen MR) is 385 cm³/mol. The fourth-order valence-electron chi connectivity index (χ4n) is 14.6. The van der Waals surface area contributed by atoms with Gasteiger partial charge in [-0.05, 0) is 257 Å². The van der Waals surface area contributed by atoms with E-state index in [0.717, 1.165) is 120 Å². The molecule has 0 atom stereocenters. The highest BCUT2D eigenvalue weighted by atomic mass is 16.5. The maximum atomic E-state index is 8.56. The lowest BCUT2D eigenvalue weighted by atomic mass is 9.93. The van der Waals surface area contributed by atoms with E-state index < -0.39 is 6.98 Å². The van der Waals surface area contributed by atoms with Gasteiger partial charge in [0, 0.05) is 76.5 Å². The Kier molecular flexibility index (Phi) is 13.4. The number of rotatable bonds is 12. The lowest BCUT2D eigenvalue weighted by Gasteiger charge is -2.25. The lowest BCUT2D eigenvalue weighted by Crippen LogP contribution is -2.25. The summed E-state index contributed by atoms with van der Waals surface area (Å²) in [7, 11) is 2.17. The van der Waals surface area contributed by atoms with E-state index in [-0.39, 0.29) is 6.67 Å². The van der Waals surface area contributed by atoms with E-state index >= 15 is 0 Å². The Hall–Kier alpha value is -10.6. The van der Waals surface area contributed by atoms with Gasteiger partial charge in [0.25, 0.3) is 0 Å². The van der Waals surface area contributed by atoms with Crippen LogP contribution in [0.15, 0.2) is 206 Å². The number of fused-ring (bicyclic) bond motifs is 4. The first kappa shape index (κ1) is 54.4. The number of aryl methyl sites for hydroxylation is 10. The van der Waals surface area contributed by atoms with Gasteiger partial charge in [0.2, 0.25) is 0 Å². The van der Waals surface area contributed by atoms with Gasteiger partial charge >= 0.3 is 0 Å². The number of hydrogen-bond acceptors (Lipinski definition) is 10. The molecule has 0 saturated carbocycles. The van der Waals surface area contributed by atoms with Crippen molar-refractivity contribution in [3.05, 3.63) is 262 Å². The van der Waals surface area contributed by atoms with Crippen molar-refractivity contribution in [1.82, 2.24) is 0 Å². The summed E-state index contributed by atoms with van der Waals surface area (Å²) in [5, 5.41) is 0. The Bertz CT molecular complexity index is 4840. The molecule has 10 nitrogen and oxygen atoms in total. The maximum absolute atomic E-state index is 8.56. The zero-order chi connectivity index (χ0) is 65.9. The maximum Gasteiger partial charge on any atom is 0.130 e. The van der Waals surface area contributed by atoms with E-state index in [2.05, 4.69) is 292 Å². The molecule has 0 spiro atoms. The van der Waals surface area contributed by atoms with Gasteiger partial charge < -0.3 is 48.7 Å². The average molecular weight is 1210 g/mol. The number of nitrogens with zero attached hydrogens (tertiary/aromatic N) is 8. The molecule has 0 aromatic heterocycles. The van der Waals surface area contributed by atoms with Crippen LogP contribution in [-0.4, -0.2) is 40.7 Å². The summed E-state index contributed by atoms with van der Waals surface area (Å²) < 4.78 is 39.7. The van der Waals surface area contributed by atoms with E-state index in [9.17, 15) is 0 Å². The third-order valence-corrected chi connectivity index (χ3v) is 19.1. The third-order valence-electron chi connectivity index (χ3n) is 19.1. The molecule has 0 fully saturated rings. The topological polar surface area (TPSA) is 44.4 Å². The summed E-state index contributed by atoms with van der Waals surface area (Å²) in [6, 6.07) is 73.7. The molecule has 4 aliphatic rings. The van der Waals surface area contributed by atoms with E-state index in [1.165, 1.54) is 55.2 Å².